The Morgan fingerprint density at radius 3 is 2.26 bits per heavy atom. The molecule has 2 aromatic rings. The number of esters is 1. The molecule has 120 valence electrons. The molecule has 5 heteroatoms. The lowest BCUT2D eigenvalue weighted by Crippen LogP contribution is -2.11. The minimum Gasteiger partial charge on any atom is -0.458 e. The molecule has 0 heterocycles. The maximum atomic E-state index is 12.0. The zero-order valence-electron chi connectivity index (χ0n) is 13.0. The summed E-state index contributed by atoms with van der Waals surface area (Å²) in [4.78, 5) is 23.0. The van der Waals surface area contributed by atoms with Crippen LogP contribution in [0.2, 0.25) is 5.02 Å². The molecule has 0 spiro atoms. The van der Waals surface area contributed by atoms with Gasteiger partial charge in [-0.15, -0.1) is 0 Å². The quantitative estimate of drug-likeness (QED) is 0.837. The Balaban J connectivity index is 1.91. The fourth-order valence-corrected chi connectivity index (χ4v) is 2.24. The zero-order chi connectivity index (χ0) is 16.8. The molecule has 2 rings (SSSR count). The zero-order valence-corrected chi connectivity index (χ0v) is 13.8. The first-order valence-electron chi connectivity index (χ1n) is 7.25. The number of carbonyl (C=O) groups is 2. The van der Waals surface area contributed by atoms with Crippen molar-refractivity contribution >= 4 is 29.2 Å². The number of rotatable bonds is 5. The van der Waals surface area contributed by atoms with Crippen molar-refractivity contribution in [3.05, 3.63) is 64.7 Å². The minimum absolute atomic E-state index is 0.131. The van der Waals surface area contributed by atoms with Gasteiger partial charge in [-0.25, -0.2) is 0 Å². The molecule has 0 radical (unpaired) electrons. The fourth-order valence-electron chi connectivity index (χ4n) is 2.12. The van der Waals surface area contributed by atoms with Gasteiger partial charge in [0.05, 0.1) is 6.42 Å². The van der Waals surface area contributed by atoms with Crippen LogP contribution in [0.5, 0.6) is 0 Å². The number of nitrogens with one attached hydrogen (secondary N) is 1. The molecule has 4 nitrogen and oxygen atoms in total. The van der Waals surface area contributed by atoms with E-state index in [1.807, 2.05) is 19.1 Å². The van der Waals surface area contributed by atoms with E-state index in [-0.39, 0.29) is 24.4 Å². The number of benzene rings is 2. The number of ether oxygens (including phenoxy) is 1. The lowest BCUT2D eigenvalue weighted by Gasteiger charge is -2.14. The fraction of sp³-hybridized carbons (Fsp3) is 0.222. The summed E-state index contributed by atoms with van der Waals surface area (Å²) in [6.45, 7) is 3.27. The molecule has 1 atom stereocenters. The van der Waals surface area contributed by atoms with Crippen LogP contribution in [0.1, 0.15) is 31.1 Å². The number of halogens is 1. The highest BCUT2D eigenvalue weighted by Gasteiger charge is 2.12. The third-order valence-electron chi connectivity index (χ3n) is 3.27. The molecule has 0 aromatic heterocycles. The lowest BCUT2D eigenvalue weighted by molar-refractivity contribution is -0.147. The number of hydrogen-bond donors (Lipinski definition) is 1. The maximum absolute atomic E-state index is 12.0. The van der Waals surface area contributed by atoms with Crippen molar-refractivity contribution in [2.75, 3.05) is 5.32 Å². The van der Waals surface area contributed by atoms with Crippen molar-refractivity contribution in [1.82, 2.24) is 0 Å². The third-order valence-corrected chi connectivity index (χ3v) is 3.52. The first-order chi connectivity index (χ1) is 10.9. The Hall–Kier alpha value is -2.33. The van der Waals surface area contributed by atoms with Crippen molar-refractivity contribution in [2.24, 2.45) is 0 Å². The topological polar surface area (TPSA) is 55.4 Å². The molecule has 0 aliphatic carbocycles. The summed E-state index contributed by atoms with van der Waals surface area (Å²) < 4.78 is 5.42. The summed E-state index contributed by atoms with van der Waals surface area (Å²) in [6, 6.07) is 14.3. The molecule has 1 amide bonds. The summed E-state index contributed by atoms with van der Waals surface area (Å²) in [5.41, 5.74) is 2.42. The van der Waals surface area contributed by atoms with Gasteiger partial charge in [0.15, 0.2) is 0 Å². The summed E-state index contributed by atoms with van der Waals surface area (Å²) >= 11 is 5.84. The standard InChI is InChI=1S/C18H18ClNO3/c1-12(15-5-7-16(19)8-6-15)23-18(22)11-14-3-9-17(10-4-14)20-13(2)21/h3-10,12H,11H2,1-2H3,(H,20,21). The van der Waals surface area contributed by atoms with E-state index < -0.39 is 0 Å². The Kier molecular flexibility index (Phi) is 5.77. The van der Waals surface area contributed by atoms with E-state index >= 15 is 0 Å². The van der Waals surface area contributed by atoms with E-state index in [9.17, 15) is 9.59 Å². The molecule has 0 saturated heterocycles. The second kappa shape index (κ2) is 7.79. The Morgan fingerprint density at radius 1 is 1.09 bits per heavy atom. The van der Waals surface area contributed by atoms with Crippen LogP contribution in [0.4, 0.5) is 5.69 Å². The second-order valence-corrected chi connectivity index (χ2v) is 5.67. The summed E-state index contributed by atoms with van der Waals surface area (Å²) in [5.74, 6) is -0.436. The Morgan fingerprint density at radius 2 is 1.70 bits per heavy atom. The molecule has 0 fully saturated rings. The van der Waals surface area contributed by atoms with Crippen molar-refractivity contribution < 1.29 is 14.3 Å². The summed E-state index contributed by atoms with van der Waals surface area (Å²) in [7, 11) is 0. The number of amides is 1. The summed E-state index contributed by atoms with van der Waals surface area (Å²) in [5, 5.41) is 3.32. The molecule has 1 unspecified atom stereocenters. The molecular weight excluding hydrogens is 314 g/mol. The van der Waals surface area contributed by atoms with Gasteiger partial charge in [0.1, 0.15) is 6.10 Å². The van der Waals surface area contributed by atoms with Crippen LogP contribution < -0.4 is 5.32 Å². The van der Waals surface area contributed by atoms with Crippen molar-refractivity contribution in [1.29, 1.82) is 0 Å². The summed E-state index contributed by atoms with van der Waals surface area (Å²) in [6.07, 6.45) is -0.156. The normalized spacial score (nSPS) is 11.6. The Bertz CT molecular complexity index is 680. The van der Waals surface area contributed by atoms with E-state index in [1.165, 1.54) is 6.92 Å². The van der Waals surface area contributed by atoms with Gasteiger partial charge in [-0.2, -0.15) is 0 Å². The molecule has 0 saturated carbocycles. The van der Waals surface area contributed by atoms with Crippen LogP contribution in [0.25, 0.3) is 0 Å². The van der Waals surface area contributed by atoms with Crippen molar-refractivity contribution in [3.63, 3.8) is 0 Å². The van der Waals surface area contributed by atoms with Gasteiger partial charge >= 0.3 is 5.97 Å². The van der Waals surface area contributed by atoms with Crippen LogP contribution in [0.3, 0.4) is 0 Å². The minimum atomic E-state index is -0.335. The van der Waals surface area contributed by atoms with E-state index in [1.54, 1.807) is 36.4 Å². The van der Waals surface area contributed by atoms with Crippen molar-refractivity contribution in [2.45, 2.75) is 26.4 Å². The van der Waals surface area contributed by atoms with E-state index in [4.69, 9.17) is 16.3 Å². The van der Waals surface area contributed by atoms with Gasteiger partial charge in [0, 0.05) is 17.6 Å². The van der Waals surface area contributed by atoms with E-state index in [0.29, 0.717) is 10.7 Å². The number of hydrogen-bond acceptors (Lipinski definition) is 3. The van der Waals surface area contributed by atoms with Crippen LogP contribution in [-0.4, -0.2) is 11.9 Å². The third kappa shape index (κ3) is 5.42. The second-order valence-electron chi connectivity index (χ2n) is 5.24. The average Bonchev–Trinajstić information content (AvgIpc) is 2.49. The number of carbonyl (C=O) groups excluding carboxylic acids is 2. The first kappa shape index (κ1) is 17.0. The van der Waals surface area contributed by atoms with Crippen LogP contribution >= 0.6 is 11.6 Å². The largest absolute Gasteiger partial charge is 0.458 e. The average molecular weight is 332 g/mol. The van der Waals surface area contributed by atoms with Gasteiger partial charge < -0.3 is 10.1 Å². The maximum Gasteiger partial charge on any atom is 0.310 e. The molecular formula is C18H18ClNO3. The highest BCUT2D eigenvalue weighted by molar-refractivity contribution is 6.30. The highest BCUT2D eigenvalue weighted by Crippen LogP contribution is 2.20. The van der Waals surface area contributed by atoms with Crippen LogP contribution in [0, 0.1) is 0 Å². The molecule has 0 bridgehead atoms. The van der Waals surface area contributed by atoms with E-state index in [2.05, 4.69) is 5.32 Å². The van der Waals surface area contributed by atoms with Gasteiger partial charge in [0.25, 0.3) is 0 Å². The molecule has 2 aromatic carbocycles. The van der Waals surface area contributed by atoms with E-state index in [0.717, 1.165) is 11.1 Å². The highest BCUT2D eigenvalue weighted by atomic mass is 35.5. The molecule has 0 aliphatic heterocycles. The predicted molar refractivity (Wildman–Crippen MR) is 90.4 cm³/mol. The van der Waals surface area contributed by atoms with Gasteiger partial charge in [0.2, 0.25) is 5.91 Å². The van der Waals surface area contributed by atoms with Gasteiger partial charge in [-0.05, 0) is 42.3 Å². The Labute approximate surface area is 140 Å². The van der Waals surface area contributed by atoms with Crippen LogP contribution in [0.15, 0.2) is 48.5 Å². The molecule has 0 aliphatic rings. The number of anilines is 1. The van der Waals surface area contributed by atoms with Gasteiger partial charge in [-0.3, -0.25) is 9.59 Å². The van der Waals surface area contributed by atoms with Gasteiger partial charge in [-0.1, -0.05) is 35.9 Å². The SMILES string of the molecule is CC(=O)Nc1ccc(CC(=O)OC(C)c2ccc(Cl)cc2)cc1. The monoisotopic (exact) mass is 331 g/mol. The smallest absolute Gasteiger partial charge is 0.310 e. The lowest BCUT2D eigenvalue weighted by atomic mass is 10.1. The van der Waals surface area contributed by atoms with Crippen molar-refractivity contribution in [3.8, 4) is 0 Å². The molecule has 23 heavy (non-hydrogen) atoms. The van der Waals surface area contributed by atoms with Crippen LogP contribution in [-0.2, 0) is 20.7 Å². The first-order valence-corrected chi connectivity index (χ1v) is 7.63. The predicted octanol–water partition coefficient (Wildman–Crippen LogP) is 4.15. The molecule has 1 N–H and O–H groups in total.